The van der Waals surface area contributed by atoms with E-state index in [9.17, 15) is 24.3 Å². The van der Waals surface area contributed by atoms with Gasteiger partial charge in [0.25, 0.3) is 0 Å². The molecule has 0 heterocycles. The standard InChI is InChI=1S/C28H34O11/c1-18-5-9-22(10-6-18)34-13-15-36-26(31)20(3)38-25(30)17-24(29)28(33)39-21(4)27(32)37-16-14-35-23-11-7-19(2)8-12-23/h5-12,20-21,24,29H,13-17H2,1-4H3. The van der Waals surface area contributed by atoms with Gasteiger partial charge >= 0.3 is 23.9 Å². The number of ether oxygens (including phenoxy) is 6. The van der Waals surface area contributed by atoms with E-state index in [-0.39, 0.29) is 26.4 Å². The topological polar surface area (TPSA) is 144 Å². The Hall–Kier alpha value is -4.12. The van der Waals surface area contributed by atoms with Gasteiger partial charge in [-0.2, -0.15) is 0 Å². The van der Waals surface area contributed by atoms with Crippen molar-refractivity contribution in [2.24, 2.45) is 0 Å². The summed E-state index contributed by atoms with van der Waals surface area (Å²) in [5, 5.41) is 9.95. The highest BCUT2D eigenvalue weighted by Gasteiger charge is 2.28. The molecule has 0 radical (unpaired) electrons. The summed E-state index contributed by atoms with van der Waals surface area (Å²) in [7, 11) is 0. The molecule has 0 amide bonds. The average molecular weight is 547 g/mol. The lowest BCUT2D eigenvalue weighted by Crippen LogP contribution is -2.35. The fourth-order valence-electron chi connectivity index (χ4n) is 2.94. The molecule has 0 saturated carbocycles. The first-order chi connectivity index (χ1) is 18.5. The van der Waals surface area contributed by atoms with Crippen LogP contribution in [0.1, 0.15) is 31.4 Å². The van der Waals surface area contributed by atoms with Crippen LogP contribution >= 0.6 is 0 Å². The van der Waals surface area contributed by atoms with Crippen LogP contribution in [0, 0.1) is 13.8 Å². The smallest absolute Gasteiger partial charge is 0.347 e. The first-order valence-corrected chi connectivity index (χ1v) is 12.4. The van der Waals surface area contributed by atoms with Crippen LogP contribution in [0.25, 0.3) is 0 Å². The Bertz CT molecular complexity index is 1080. The van der Waals surface area contributed by atoms with Crippen molar-refractivity contribution in [3.63, 3.8) is 0 Å². The van der Waals surface area contributed by atoms with E-state index in [2.05, 4.69) is 0 Å². The van der Waals surface area contributed by atoms with Gasteiger partial charge in [0.05, 0.1) is 6.42 Å². The van der Waals surface area contributed by atoms with E-state index < -0.39 is 48.6 Å². The van der Waals surface area contributed by atoms with Gasteiger partial charge in [0.2, 0.25) is 0 Å². The number of carbonyl (C=O) groups excluding carboxylic acids is 4. The molecule has 0 aromatic heterocycles. The molecule has 0 spiro atoms. The molecule has 0 saturated heterocycles. The van der Waals surface area contributed by atoms with Crippen molar-refractivity contribution in [3.8, 4) is 11.5 Å². The number of aryl methyl sites for hydroxylation is 2. The summed E-state index contributed by atoms with van der Waals surface area (Å²) in [5.41, 5.74) is 2.16. The van der Waals surface area contributed by atoms with Gasteiger partial charge in [-0.25, -0.2) is 14.4 Å². The Balaban J connectivity index is 1.61. The van der Waals surface area contributed by atoms with Gasteiger partial charge in [0.1, 0.15) is 37.9 Å². The lowest BCUT2D eigenvalue weighted by molar-refractivity contribution is -0.176. The van der Waals surface area contributed by atoms with Crippen molar-refractivity contribution in [2.45, 2.75) is 52.4 Å². The number of rotatable bonds is 15. The molecule has 0 bridgehead atoms. The van der Waals surface area contributed by atoms with Crippen molar-refractivity contribution < 1.29 is 52.7 Å². The third-order valence-corrected chi connectivity index (χ3v) is 5.13. The van der Waals surface area contributed by atoms with Crippen LogP contribution in [-0.2, 0) is 38.1 Å². The number of benzene rings is 2. The Morgan fingerprint density at radius 2 is 1.05 bits per heavy atom. The van der Waals surface area contributed by atoms with E-state index in [4.69, 9.17) is 28.4 Å². The lowest BCUT2D eigenvalue weighted by atomic mass is 10.2. The van der Waals surface area contributed by atoms with Gasteiger partial charge in [-0.1, -0.05) is 35.4 Å². The summed E-state index contributed by atoms with van der Waals surface area (Å²) in [6.45, 7) is 6.45. The minimum absolute atomic E-state index is 0.0738. The molecule has 1 N–H and O–H groups in total. The Labute approximate surface area is 226 Å². The lowest BCUT2D eigenvalue weighted by Gasteiger charge is -2.16. The molecule has 212 valence electrons. The van der Waals surface area contributed by atoms with Crippen molar-refractivity contribution in [3.05, 3.63) is 59.7 Å². The van der Waals surface area contributed by atoms with Crippen LogP contribution in [-0.4, -0.2) is 73.7 Å². The van der Waals surface area contributed by atoms with Gasteiger partial charge in [0, 0.05) is 0 Å². The maximum Gasteiger partial charge on any atom is 0.347 e. The third-order valence-electron chi connectivity index (χ3n) is 5.13. The molecule has 2 aromatic carbocycles. The van der Waals surface area contributed by atoms with Crippen LogP contribution < -0.4 is 9.47 Å². The molecule has 0 aliphatic carbocycles. The average Bonchev–Trinajstić information content (AvgIpc) is 2.90. The second-order valence-electron chi connectivity index (χ2n) is 8.59. The molecule has 2 rings (SSSR count). The molecular weight excluding hydrogens is 512 g/mol. The van der Waals surface area contributed by atoms with E-state index in [0.29, 0.717) is 11.5 Å². The Kier molecular flexibility index (Phi) is 12.7. The predicted octanol–water partition coefficient (Wildman–Crippen LogP) is 2.46. The van der Waals surface area contributed by atoms with Crippen LogP contribution in [0.4, 0.5) is 0 Å². The van der Waals surface area contributed by atoms with Crippen LogP contribution in [0.15, 0.2) is 48.5 Å². The largest absolute Gasteiger partial charge is 0.490 e. The zero-order valence-electron chi connectivity index (χ0n) is 22.4. The fourth-order valence-corrected chi connectivity index (χ4v) is 2.94. The number of hydrogen-bond acceptors (Lipinski definition) is 11. The van der Waals surface area contributed by atoms with E-state index in [1.165, 1.54) is 13.8 Å². The molecule has 3 unspecified atom stereocenters. The number of aliphatic hydroxyl groups excluding tert-OH is 1. The van der Waals surface area contributed by atoms with Gasteiger partial charge in [-0.05, 0) is 52.0 Å². The van der Waals surface area contributed by atoms with Gasteiger partial charge in [-0.15, -0.1) is 0 Å². The van der Waals surface area contributed by atoms with E-state index >= 15 is 0 Å². The molecule has 0 aliphatic heterocycles. The Morgan fingerprint density at radius 1 is 0.641 bits per heavy atom. The number of esters is 4. The molecule has 3 atom stereocenters. The van der Waals surface area contributed by atoms with Crippen LogP contribution in [0.3, 0.4) is 0 Å². The molecule has 2 aromatic rings. The summed E-state index contributed by atoms with van der Waals surface area (Å²) in [6.07, 6.45) is -5.32. The van der Waals surface area contributed by atoms with E-state index in [1.54, 1.807) is 24.3 Å². The van der Waals surface area contributed by atoms with Gasteiger partial charge in [0.15, 0.2) is 18.3 Å². The number of carbonyl (C=O) groups is 4. The second-order valence-corrected chi connectivity index (χ2v) is 8.59. The minimum atomic E-state index is -1.91. The molecule has 11 heteroatoms. The molecule has 0 fully saturated rings. The SMILES string of the molecule is Cc1ccc(OCCOC(=O)C(C)OC(=O)CC(O)C(=O)OC(C)C(=O)OCCOc2ccc(C)cc2)cc1. The minimum Gasteiger partial charge on any atom is -0.490 e. The van der Waals surface area contributed by atoms with Gasteiger partial charge in [-0.3, -0.25) is 4.79 Å². The molecule has 39 heavy (non-hydrogen) atoms. The highest BCUT2D eigenvalue weighted by atomic mass is 16.6. The highest BCUT2D eigenvalue weighted by molar-refractivity contribution is 5.85. The highest BCUT2D eigenvalue weighted by Crippen LogP contribution is 2.12. The zero-order chi connectivity index (χ0) is 28.8. The fraction of sp³-hybridized carbons (Fsp3) is 0.429. The quantitative estimate of drug-likeness (QED) is 0.200. The monoisotopic (exact) mass is 546 g/mol. The van der Waals surface area contributed by atoms with Crippen molar-refractivity contribution >= 4 is 23.9 Å². The molecule has 0 aliphatic rings. The van der Waals surface area contributed by atoms with Crippen molar-refractivity contribution in [1.29, 1.82) is 0 Å². The zero-order valence-corrected chi connectivity index (χ0v) is 22.4. The van der Waals surface area contributed by atoms with E-state index in [0.717, 1.165) is 11.1 Å². The maximum atomic E-state index is 12.0. The van der Waals surface area contributed by atoms with Crippen molar-refractivity contribution in [1.82, 2.24) is 0 Å². The number of aliphatic hydroxyl groups is 1. The summed E-state index contributed by atoms with van der Waals surface area (Å²) in [6, 6.07) is 14.6. The second kappa shape index (κ2) is 16.0. The third kappa shape index (κ3) is 11.9. The first kappa shape index (κ1) is 31.1. The van der Waals surface area contributed by atoms with Gasteiger partial charge < -0.3 is 33.5 Å². The number of hydrogen-bond donors (Lipinski definition) is 1. The van der Waals surface area contributed by atoms with Crippen molar-refractivity contribution in [2.75, 3.05) is 26.4 Å². The van der Waals surface area contributed by atoms with E-state index in [1.807, 2.05) is 38.1 Å². The van der Waals surface area contributed by atoms with Crippen LogP contribution in [0.5, 0.6) is 11.5 Å². The van der Waals surface area contributed by atoms with Crippen LogP contribution in [0.2, 0.25) is 0 Å². The summed E-state index contributed by atoms with van der Waals surface area (Å²) in [4.78, 5) is 48.1. The summed E-state index contributed by atoms with van der Waals surface area (Å²) >= 11 is 0. The summed E-state index contributed by atoms with van der Waals surface area (Å²) < 4.78 is 30.6. The first-order valence-electron chi connectivity index (χ1n) is 12.4. The predicted molar refractivity (Wildman–Crippen MR) is 137 cm³/mol. The normalized spacial score (nSPS) is 12.8. The Morgan fingerprint density at radius 3 is 1.49 bits per heavy atom. The molecular formula is C28H34O11. The molecule has 11 nitrogen and oxygen atoms in total. The summed E-state index contributed by atoms with van der Waals surface area (Å²) in [5.74, 6) is -2.71. The maximum absolute atomic E-state index is 12.0.